The largest absolute Gasteiger partial charge is 0.480 e. The molecular weight excluding hydrogens is 260 g/mol. The summed E-state index contributed by atoms with van der Waals surface area (Å²) in [5.41, 5.74) is 1.92. The number of epoxide rings is 2. The summed E-state index contributed by atoms with van der Waals surface area (Å²) in [6, 6.07) is 7.78. The zero-order chi connectivity index (χ0) is 13.9. The summed E-state index contributed by atoms with van der Waals surface area (Å²) in [4.78, 5) is 12.8. The number of nitrogens with one attached hydrogen (secondary N) is 1. The predicted octanol–water partition coefficient (Wildman–Crippen LogP) is 0.787. The van der Waals surface area contributed by atoms with Gasteiger partial charge in [-0.2, -0.15) is 0 Å². The van der Waals surface area contributed by atoms with Gasteiger partial charge in [-0.25, -0.2) is 0 Å². The Hall–Kier alpha value is -1.79. The van der Waals surface area contributed by atoms with Crippen LogP contribution in [0.15, 0.2) is 24.3 Å². The Labute approximate surface area is 117 Å². The molecule has 6 heteroatoms. The predicted molar refractivity (Wildman–Crippen MR) is 74.3 cm³/mol. The van der Waals surface area contributed by atoms with Crippen LogP contribution in [-0.4, -0.2) is 56.1 Å². The fourth-order valence-corrected chi connectivity index (χ4v) is 2.09. The van der Waals surface area contributed by atoms with E-state index in [1.54, 1.807) is 0 Å². The standard InChI is InChI=1S/C14H18N2O4/c17-14(18)5-15-10-1-3-11(4-2-10)16(6-12-8-19-12)7-13-9-20-13/h1-4,12-13,15H,5-9H2,(H,17,18). The van der Waals surface area contributed by atoms with Crippen LogP contribution in [0, 0.1) is 0 Å². The molecule has 2 heterocycles. The smallest absolute Gasteiger partial charge is 0.322 e. The Bertz CT molecular complexity index is 455. The van der Waals surface area contributed by atoms with Crippen molar-refractivity contribution >= 4 is 17.3 Å². The van der Waals surface area contributed by atoms with Gasteiger partial charge in [-0.3, -0.25) is 4.79 Å². The van der Waals surface area contributed by atoms with Crippen LogP contribution in [0.25, 0.3) is 0 Å². The van der Waals surface area contributed by atoms with E-state index >= 15 is 0 Å². The van der Waals surface area contributed by atoms with Gasteiger partial charge in [-0.1, -0.05) is 0 Å². The average Bonchev–Trinajstić information content (AvgIpc) is 3.31. The van der Waals surface area contributed by atoms with Crippen molar-refractivity contribution in [2.75, 3.05) is 43.1 Å². The van der Waals surface area contributed by atoms with E-state index in [9.17, 15) is 4.79 Å². The van der Waals surface area contributed by atoms with Gasteiger partial charge in [-0.05, 0) is 24.3 Å². The third-order valence-electron chi connectivity index (χ3n) is 3.33. The van der Waals surface area contributed by atoms with Crippen molar-refractivity contribution in [3.05, 3.63) is 24.3 Å². The van der Waals surface area contributed by atoms with Crippen molar-refractivity contribution in [1.82, 2.24) is 0 Å². The number of carboxylic acid groups (broad SMARTS) is 1. The molecule has 1 aromatic rings. The summed E-state index contributed by atoms with van der Waals surface area (Å²) in [5, 5.41) is 11.5. The van der Waals surface area contributed by atoms with E-state index in [0.717, 1.165) is 37.7 Å². The Morgan fingerprint density at radius 1 is 1.20 bits per heavy atom. The van der Waals surface area contributed by atoms with Gasteiger partial charge < -0.3 is 24.8 Å². The highest BCUT2D eigenvalue weighted by Crippen LogP contribution is 2.23. The van der Waals surface area contributed by atoms with E-state index in [2.05, 4.69) is 10.2 Å². The zero-order valence-corrected chi connectivity index (χ0v) is 11.1. The molecule has 2 unspecified atom stereocenters. The molecule has 0 bridgehead atoms. The number of hydrogen-bond donors (Lipinski definition) is 2. The molecule has 2 atom stereocenters. The van der Waals surface area contributed by atoms with Gasteiger partial charge in [0.2, 0.25) is 0 Å². The van der Waals surface area contributed by atoms with Crippen molar-refractivity contribution in [2.24, 2.45) is 0 Å². The number of rotatable bonds is 8. The van der Waals surface area contributed by atoms with Crippen molar-refractivity contribution in [2.45, 2.75) is 12.2 Å². The Balaban J connectivity index is 1.61. The normalized spacial score (nSPS) is 23.2. The van der Waals surface area contributed by atoms with Gasteiger partial charge in [0.15, 0.2) is 0 Å². The molecule has 0 radical (unpaired) electrons. The van der Waals surface area contributed by atoms with E-state index in [-0.39, 0.29) is 6.54 Å². The summed E-state index contributed by atoms with van der Waals surface area (Å²) < 4.78 is 10.6. The second kappa shape index (κ2) is 5.68. The molecule has 2 N–H and O–H groups in total. The van der Waals surface area contributed by atoms with Crippen LogP contribution < -0.4 is 10.2 Å². The Kier molecular flexibility index (Phi) is 3.75. The maximum absolute atomic E-state index is 10.5. The minimum atomic E-state index is -0.868. The number of aliphatic carboxylic acids is 1. The number of ether oxygens (including phenoxy) is 2. The van der Waals surface area contributed by atoms with Gasteiger partial charge in [0.1, 0.15) is 6.54 Å². The molecule has 2 aliphatic rings. The second-order valence-corrected chi connectivity index (χ2v) is 5.11. The lowest BCUT2D eigenvalue weighted by Crippen LogP contribution is -2.31. The molecule has 108 valence electrons. The molecule has 1 aromatic carbocycles. The summed E-state index contributed by atoms with van der Waals surface area (Å²) in [7, 11) is 0. The van der Waals surface area contributed by atoms with E-state index in [1.807, 2.05) is 24.3 Å². The lowest BCUT2D eigenvalue weighted by Gasteiger charge is -2.23. The summed E-state index contributed by atoms with van der Waals surface area (Å²) >= 11 is 0. The van der Waals surface area contributed by atoms with E-state index in [0.29, 0.717) is 12.2 Å². The Morgan fingerprint density at radius 2 is 1.75 bits per heavy atom. The maximum Gasteiger partial charge on any atom is 0.322 e. The minimum Gasteiger partial charge on any atom is -0.480 e. The first-order valence-corrected chi connectivity index (χ1v) is 6.74. The van der Waals surface area contributed by atoms with E-state index < -0.39 is 5.97 Å². The van der Waals surface area contributed by atoms with Gasteiger partial charge in [0.25, 0.3) is 0 Å². The first-order valence-electron chi connectivity index (χ1n) is 6.74. The third kappa shape index (κ3) is 3.85. The number of anilines is 2. The van der Waals surface area contributed by atoms with Crippen molar-refractivity contribution in [3.63, 3.8) is 0 Å². The van der Waals surface area contributed by atoms with Gasteiger partial charge in [-0.15, -0.1) is 0 Å². The van der Waals surface area contributed by atoms with Crippen LogP contribution in [-0.2, 0) is 14.3 Å². The van der Waals surface area contributed by atoms with Crippen molar-refractivity contribution < 1.29 is 19.4 Å². The summed E-state index contributed by atoms with van der Waals surface area (Å²) in [6.07, 6.45) is 0.664. The summed E-state index contributed by atoms with van der Waals surface area (Å²) in [5.74, 6) is -0.868. The molecular formula is C14H18N2O4. The lowest BCUT2D eigenvalue weighted by atomic mass is 10.2. The molecule has 0 saturated carbocycles. The minimum absolute atomic E-state index is 0.0745. The second-order valence-electron chi connectivity index (χ2n) is 5.11. The quantitative estimate of drug-likeness (QED) is 0.685. The van der Waals surface area contributed by atoms with Crippen LogP contribution in [0.4, 0.5) is 11.4 Å². The fraction of sp³-hybridized carbons (Fsp3) is 0.500. The third-order valence-corrected chi connectivity index (χ3v) is 3.33. The van der Waals surface area contributed by atoms with E-state index in [4.69, 9.17) is 14.6 Å². The van der Waals surface area contributed by atoms with Crippen LogP contribution in [0.2, 0.25) is 0 Å². The number of hydrogen-bond acceptors (Lipinski definition) is 5. The molecule has 0 aromatic heterocycles. The molecule has 0 amide bonds. The maximum atomic E-state index is 10.5. The van der Waals surface area contributed by atoms with Gasteiger partial charge in [0, 0.05) is 24.5 Å². The Morgan fingerprint density at radius 3 is 2.20 bits per heavy atom. The fourth-order valence-electron chi connectivity index (χ4n) is 2.09. The van der Waals surface area contributed by atoms with Crippen molar-refractivity contribution in [3.8, 4) is 0 Å². The average molecular weight is 278 g/mol. The molecule has 2 fully saturated rings. The molecule has 0 spiro atoms. The summed E-state index contributed by atoms with van der Waals surface area (Å²) in [6.45, 7) is 3.35. The van der Waals surface area contributed by atoms with E-state index in [1.165, 1.54) is 0 Å². The van der Waals surface area contributed by atoms with Crippen LogP contribution in [0.1, 0.15) is 0 Å². The molecule has 0 aliphatic carbocycles. The van der Waals surface area contributed by atoms with Gasteiger partial charge >= 0.3 is 5.97 Å². The molecule has 3 rings (SSSR count). The number of carboxylic acids is 1. The number of benzene rings is 1. The highest BCUT2D eigenvalue weighted by molar-refractivity contribution is 5.73. The monoisotopic (exact) mass is 278 g/mol. The van der Waals surface area contributed by atoms with Crippen LogP contribution in [0.5, 0.6) is 0 Å². The van der Waals surface area contributed by atoms with Crippen molar-refractivity contribution in [1.29, 1.82) is 0 Å². The highest BCUT2D eigenvalue weighted by atomic mass is 16.6. The first-order chi connectivity index (χ1) is 9.70. The van der Waals surface area contributed by atoms with Gasteiger partial charge in [0.05, 0.1) is 25.4 Å². The van der Waals surface area contributed by atoms with Crippen LogP contribution in [0.3, 0.4) is 0 Å². The number of carbonyl (C=O) groups is 1. The SMILES string of the molecule is O=C(O)CNc1ccc(N(CC2CO2)CC2CO2)cc1. The topological polar surface area (TPSA) is 77.6 Å². The van der Waals surface area contributed by atoms with Crippen LogP contribution >= 0.6 is 0 Å². The molecule has 20 heavy (non-hydrogen) atoms. The number of nitrogens with zero attached hydrogens (tertiary/aromatic N) is 1. The zero-order valence-electron chi connectivity index (χ0n) is 11.1. The molecule has 2 saturated heterocycles. The molecule has 6 nitrogen and oxygen atoms in total. The first kappa shape index (κ1) is 13.2. The lowest BCUT2D eigenvalue weighted by molar-refractivity contribution is -0.134. The highest BCUT2D eigenvalue weighted by Gasteiger charge is 2.30. The molecule has 2 aliphatic heterocycles.